The van der Waals surface area contributed by atoms with E-state index in [1.165, 1.54) is 7.11 Å². The summed E-state index contributed by atoms with van der Waals surface area (Å²) < 4.78 is 30.4. The van der Waals surface area contributed by atoms with Gasteiger partial charge in [-0.05, 0) is 44.5 Å². The second-order valence-electron chi connectivity index (χ2n) is 5.25. The number of sulfonamides is 1. The highest BCUT2D eigenvalue weighted by Crippen LogP contribution is 2.23. The zero-order valence-electron chi connectivity index (χ0n) is 13.7. The minimum absolute atomic E-state index is 0.00720. The van der Waals surface area contributed by atoms with Crippen LogP contribution in [-0.2, 0) is 14.8 Å². The molecule has 1 aromatic carbocycles. The molecule has 0 heterocycles. The predicted molar refractivity (Wildman–Crippen MR) is 87.7 cm³/mol. The van der Waals surface area contributed by atoms with Crippen molar-refractivity contribution in [2.45, 2.75) is 39.3 Å². The number of carbonyl (C=O) groups is 1. The van der Waals surface area contributed by atoms with Crippen LogP contribution in [0.25, 0.3) is 0 Å². The fourth-order valence-electron chi connectivity index (χ4n) is 2.00. The Morgan fingerprint density at radius 2 is 1.82 bits per heavy atom. The quantitative estimate of drug-likeness (QED) is 0.827. The van der Waals surface area contributed by atoms with Gasteiger partial charge in [0.25, 0.3) is 0 Å². The zero-order valence-corrected chi connectivity index (χ0v) is 14.5. The van der Waals surface area contributed by atoms with Crippen LogP contribution in [0.4, 0.5) is 5.69 Å². The molecule has 1 rings (SSSR count). The van der Waals surface area contributed by atoms with Crippen molar-refractivity contribution in [1.29, 1.82) is 0 Å². The Morgan fingerprint density at radius 1 is 1.27 bits per heavy atom. The second-order valence-corrected chi connectivity index (χ2v) is 7.11. The number of anilines is 1. The number of hydrogen-bond acceptors (Lipinski definition) is 4. The summed E-state index contributed by atoms with van der Waals surface area (Å²) in [7, 11) is -2.06. The Labute approximate surface area is 132 Å². The van der Waals surface area contributed by atoms with Gasteiger partial charge in [0.15, 0.2) is 0 Å². The fourth-order valence-corrected chi connectivity index (χ4v) is 3.18. The molecule has 0 aliphatic rings. The number of nitrogens with one attached hydrogen (secondary N) is 1. The van der Waals surface area contributed by atoms with Crippen molar-refractivity contribution in [3.05, 3.63) is 24.3 Å². The number of rotatable bonds is 7. The molecule has 124 valence electrons. The van der Waals surface area contributed by atoms with Gasteiger partial charge in [-0.3, -0.25) is 9.10 Å². The molecule has 0 fully saturated rings. The van der Waals surface area contributed by atoms with E-state index in [1.54, 1.807) is 31.2 Å². The van der Waals surface area contributed by atoms with Crippen molar-refractivity contribution in [3.63, 3.8) is 0 Å². The molecule has 6 nitrogen and oxygen atoms in total. The molecule has 0 saturated carbocycles. The van der Waals surface area contributed by atoms with Crippen LogP contribution in [0, 0.1) is 0 Å². The number of hydrogen-bond donors (Lipinski definition) is 1. The summed E-state index contributed by atoms with van der Waals surface area (Å²) in [5.74, 6) is 0.296. The van der Waals surface area contributed by atoms with Crippen LogP contribution in [0.15, 0.2) is 24.3 Å². The highest BCUT2D eigenvalue weighted by molar-refractivity contribution is 7.92. The SMILES string of the molecule is CC[C@@H](C)NC(=O)[C@H](C)N(c1ccc(OC)cc1)S(C)(=O)=O. The third kappa shape index (κ3) is 4.62. The molecule has 0 aliphatic carbocycles. The first-order valence-electron chi connectivity index (χ1n) is 7.14. The van der Waals surface area contributed by atoms with Crippen LogP contribution in [0.3, 0.4) is 0 Å². The lowest BCUT2D eigenvalue weighted by atomic mass is 10.2. The average Bonchev–Trinajstić information content (AvgIpc) is 2.46. The lowest BCUT2D eigenvalue weighted by Crippen LogP contribution is -2.49. The minimum atomic E-state index is -3.59. The number of amides is 1. The van der Waals surface area contributed by atoms with Gasteiger partial charge in [0.2, 0.25) is 15.9 Å². The van der Waals surface area contributed by atoms with Gasteiger partial charge in [0.05, 0.1) is 19.1 Å². The van der Waals surface area contributed by atoms with Crippen molar-refractivity contribution < 1.29 is 17.9 Å². The number of ether oxygens (including phenoxy) is 1. The summed E-state index contributed by atoms with van der Waals surface area (Å²) in [6.07, 6.45) is 1.87. The van der Waals surface area contributed by atoms with Crippen LogP contribution in [-0.4, -0.2) is 39.8 Å². The van der Waals surface area contributed by atoms with E-state index in [4.69, 9.17) is 4.74 Å². The van der Waals surface area contributed by atoms with Crippen LogP contribution >= 0.6 is 0 Å². The van der Waals surface area contributed by atoms with Crippen LogP contribution in [0.2, 0.25) is 0 Å². The van der Waals surface area contributed by atoms with E-state index >= 15 is 0 Å². The van der Waals surface area contributed by atoms with Gasteiger partial charge in [-0.2, -0.15) is 0 Å². The third-order valence-corrected chi connectivity index (χ3v) is 4.66. The van der Waals surface area contributed by atoms with Gasteiger partial charge < -0.3 is 10.1 Å². The van der Waals surface area contributed by atoms with Crippen molar-refractivity contribution in [3.8, 4) is 5.75 Å². The maximum absolute atomic E-state index is 12.3. The predicted octanol–water partition coefficient (Wildman–Crippen LogP) is 1.76. The van der Waals surface area contributed by atoms with Gasteiger partial charge in [-0.15, -0.1) is 0 Å². The molecule has 0 saturated heterocycles. The smallest absolute Gasteiger partial charge is 0.243 e. The first kappa shape index (κ1) is 18.3. The van der Waals surface area contributed by atoms with E-state index in [-0.39, 0.29) is 11.9 Å². The Bertz CT molecular complexity index is 598. The van der Waals surface area contributed by atoms with E-state index in [1.807, 2.05) is 13.8 Å². The van der Waals surface area contributed by atoms with Gasteiger partial charge in [0.1, 0.15) is 11.8 Å². The maximum atomic E-state index is 12.3. The van der Waals surface area contributed by atoms with Gasteiger partial charge in [-0.1, -0.05) is 6.92 Å². The number of carbonyl (C=O) groups excluding carboxylic acids is 1. The fraction of sp³-hybridized carbons (Fsp3) is 0.533. The van der Waals surface area contributed by atoms with Crippen LogP contribution in [0.1, 0.15) is 27.2 Å². The molecule has 0 radical (unpaired) electrons. The van der Waals surface area contributed by atoms with Crippen LogP contribution in [0.5, 0.6) is 5.75 Å². The first-order chi connectivity index (χ1) is 10.2. The lowest BCUT2D eigenvalue weighted by Gasteiger charge is -2.29. The topological polar surface area (TPSA) is 75.7 Å². The molecule has 0 aliphatic heterocycles. The summed E-state index contributed by atoms with van der Waals surface area (Å²) in [6, 6.07) is 5.71. The van der Waals surface area contributed by atoms with E-state index in [0.717, 1.165) is 17.0 Å². The molecule has 1 amide bonds. The van der Waals surface area contributed by atoms with E-state index in [9.17, 15) is 13.2 Å². The molecule has 2 atom stereocenters. The molecule has 0 bridgehead atoms. The molecule has 1 N–H and O–H groups in total. The Balaban J connectivity index is 3.10. The summed E-state index contributed by atoms with van der Waals surface area (Å²) in [5, 5.41) is 2.80. The lowest BCUT2D eigenvalue weighted by molar-refractivity contribution is -0.122. The summed E-state index contributed by atoms with van der Waals surface area (Å²) >= 11 is 0. The standard InChI is InChI=1S/C15H24N2O4S/c1-6-11(2)16-15(18)12(3)17(22(5,19)20)13-7-9-14(21-4)10-8-13/h7-12H,6H2,1-5H3,(H,16,18)/t11-,12+/m1/s1. The normalized spacial score (nSPS) is 14.0. The number of nitrogens with zero attached hydrogens (tertiary/aromatic N) is 1. The van der Waals surface area contributed by atoms with Crippen LogP contribution < -0.4 is 14.4 Å². The second kappa shape index (κ2) is 7.49. The molecular formula is C15H24N2O4S. The van der Waals surface area contributed by atoms with E-state index in [2.05, 4.69) is 5.32 Å². The summed E-state index contributed by atoms with van der Waals surface area (Å²) in [5.41, 5.74) is 0.426. The van der Waals surface area contributed by atoms with E-state index in [0.29, 0.717) is 11.4 Å². The molecule has 0 unspecified atom stereocenters. The third-order valence-electron chi connectivity index (χ3n) is 3.42. The maximum Gasteiger partial charge on any atom is 0.243 e. The Hall–Kier alpha value is -1.76. The molecule has 1 aromatic rings. The van der Waals surface area contributed by atoms with Crippen molar-refractivity contribution >= 4 is 21.6 Å². The highest BCUT2D eigenvalue weighted by atomic mass is 32.2. The largest absolute Gasteiger partial charge is 0.497 e. The van der Waals surface area contributed by atoms with E-state index < -0.39 is 16.1 Å². The van der Waals surface area contributed by atoms with Crippen molar-refractivity contribution in [2.24, 2.45) is 0 Å². The monoisotopic (exact) mass is 328 g/mol. The van der Waals surface area contributed by atoms with Crippen molar-refractivity contribution in [2.75, 3.05) is 17.7 Å². The summed E-state index contributed by atoms with van der Waals surface area (Å²) in [6.45, 7) is 5.40. The van der Waals surface area contributed by atoms with Gasteiger partial charge >= 0.3 is 0 Å². The van der Waals surface area contributed by atoms with Crippen molar-refractivity contribution in [1.82, 2.24) is 5.32 Å². The molecule has 22 heavy (non-hydrogen) atoms. The molecule has 7 heteroatoms. The highest BCUT2D eigenvalue weighted by Gasteiger charge is 2.29. The Morgan fingerprint density at radius 3 is 2.23 bits per heavy atom. The number of methoxy groups -OCH3 is 1. The molecular weight excluding hydrogens is 304 g/mol. The van der Waals surface area contributed by atoms with Gasteiger partial charge in [-0.25, -0.2) is 8.42 Å². The Kier molecular flexibility index (Phi) is 6.22. The molecule has 0 spiro atoms. The van der Waals surface area contributed by atoms with Gasteiger partial charge in [0, 0.05) is 6.04 Å². The average molecular weight is 328 g/mol. The number of benzene rings is 1. The molecule has 0 aromatic heterocycles. The zero-order chi connectivity index (χ0) is 16.9. The first-order valence-corrected chi connectivity index (χ1v) is 8.99. The summed E-state index contributed by atoms with van der Waals surface area (Å²) in [4.78, 5) is 12.3. The minimum Gasteiger partial charge on any atom is -0.497 e.